The third-order valence-corrected chi connectivity index (χ3v) is 5.22. The van der Waals surface area contributed by atoms with E-state index in [1.807, 2.05) is 72.9 Å². The van der Waals surface area contributed by atoms with Crippen molar-refractivity contribution in [2.24, 2.45) is 5.92 Å². The van der Waals surface area contributed by atoms with E-state index in [0.717, 1.165) is 22.0 Å². The molecule has 4 aromatic rings. The van der Waals surface area contributed by atoms with Gasteiger partial charge in [-0.3, -0.25) is 4.98 Å². The zero-order valence-corrected chi connectivity index (χ0v) is 18.2. The Morgan fingerprint density at radius 1 is 1.00 bits per heavy atom. The van der Waals surface area contributed by atoms with Crippen LogP contribution in [0.2, 0.25) is 0 Å². The minimum atomic E-state index is -0.632. The molecule has 2 aromatic carbocycles. The second-order valence-electron chi connectivity index (χ2n) is 7.23. The van der Waals surface area contributed by atoms with Gasteiger partial charge in [0.05, 0.1) is 18.2 Å². The van der Waals surface area contributed by atoms with E-state index in [2.05, 4.69) is 9.97 Å². The molecule has 0 spiro atoms. The summed E-state index contributed by atoms with van der Waals surface area (Å²) in [4.78, 5) is 8.70. The van der Waals surface area contributed by atoms with Gasteiger partial charge in [-0.15, -0.1) is 24.8 Å². The average molecular weight is 457 g/mol. The van der Waals surface area contributed by atoms with Gasteiger partial charge in [-0.25, -0.2) is 4.98 Å². The van der Waals surface area contributed by atoms with Crippen molar-refractivity contribution in [2.45, 2.75) is 12.5 Å². The second kappa shape index (κ2) is 9.96. The molecule has 2 aromatic heterocycles. The SMILES string of the molecule is Cl.Cl.O[C@@H]1c2cc(Oc3ccc4ccccc4n3)ccc2OC[C@@H]1Cc1cccnc1. The molecule has 1 aliphatic rings. The van der Waals surface area contributed by atoms with Gasteiger partial charge >= 0.3 is 0 Å². The first-order valence-electron chi connectivity index (χ1n) is 9.64. The first-order valence-corrected chi connectivity index (χ1v) is 9.64. The summed E-state index contributed by atoms with van der Waals surface area (Å²) in [6.07, 6.45) is 3.64. The molecule has 0 saturated carbocycles. The number of pyridine rings is 2. The lowest BCUT2D eigenvalue weighted by Gasteiger charge is -2.30. The fourth-order valence-electron chi connectivity index (χ4n) is 3.71. The number of ether oxygens (including phenoxy) is 2. The fraction of sp³-hybridized carbons (Fsp3) is 0.167. The molecule has 0 bridgehead atoms. The lowest BCUT2D eigenvalue weighted by molar-refractivity contribution is 0.0505. The minimum absolute atomic E-state index is 0. The van der Waals surface area contributed by atoms with E-state index in [0.29, 0.717) is 30.4 Å². The molecule has 31 heavy (non-hydrogen) atoms. The summed E-state index contributed by atoms with van der Waals surface area (Å²) >= 11 is 0. The number of fused-ring (bicyclic) bond motifs is 2. The van der Waals surface area contributed by atoms with Crippen molar-refractivity contribution in [1.82, 2.24) is 9.97 Å². The molecule has 0 aliphatic carbocycles. The van der Waals surface area contributed by atoms with Crippen molar-refractivity contribution in [3.63, 3.8) is 0 Å². The van der Waals surface area contributed by atoms with Crippen LogP contribution in [-0.4, -0.2) is 21.7 Å². The van der Waals surface area contributed by atoms with Crippen LogP contribution in [0, 0.1) is 5.92 Å². The number of aromatic nitrogens is 2. The Balaban J connectivity index is 0.00000136. The molecule has 2 atom stereocenters. The number of para-hydroxylation sites is 1. The standard InChI is InChI=1S/C24H20N2O3.2ClH/c27-24-18(12-16-4-3-11-25-14-16)15-28-22-9-8-19(13-20(22)24)29-23-10-7-17-5-1-2-6-21(17)26-23;;/h1-11,13-14,18,24,27H,12,15H2;2*1H/t18-,24-;;/m0../s1. The van der Waals surface area contributed by atoms with Crippen LogP contribution < -0.4 is 9.47 Å². The van der Waals surface area contributed by atoms with Gasteiger partial charge in [-0.1, -0.05) is 24.3 Å². The first-order chi connectivity index (χ1) is 14.3. The summed E-state index contributed by atoms with van der Waals surface area (Å²) in [5, 5.41) is 12.0. The van der Waals surface area contributed by atoms with Crippen molar-refractivity contribution in [1.29, 1.82) is 0 Å². The molecule has 5 nitrogen and oxygen atoms in total. The fourth-order valence-corrected chi connectivity index (χ4v) is 3.71. The summed E-state index contributed by atoms with van der Waals surface area (Å²) in [6.45, 7) is 0.468. The molecule has 0 amide bonds. The minimum Gasteiger partial charge on any atom is -0.493 e. The number of nitrogens with zero attached hydrogens (tertiary/aromatic N) is 2. The van der Waals surface area contributed by atoms with E-state index in [-0.39, 0.29) is 30.7 Å². The van der Waals surface area contributed by atoms with E-state index in [1.165, 1.54) is 0 Å². The quantitative estimate of drug-likeness (QED) is 0.435. The largest absolute Gasteiger partial charge is 0.493 e. The molecule has 0 unspecified atom stereocenters. The van der Waals surface area contributed by atoms with Crippen LogP contribution in [0.4, 0.5) is 0 Å². The number of rotatable bonds is 4. The van der Waals surface area contributed by atoms with Gasteiger partial charge in [0.25, 0.3) is 0 Å². The molecule has 160 valence electrons. The number of hydrogen-bond donors (Lipinski definition) is 1. The van der Waals surface area contributed by atoms with Gasteiger partial charge < -0.3 is 14.6 Å². The van der Waals surface area contributed by atoms with E-state index in [9.17, 15) is 5.11 Å². The molecular formula is C24H22Cl2N2O3. The van der Waals surface area contributed by atoms with Gasteiger partial charge in [-0.05, 0) is 48.4 Å². The van der Waals surface area contributed by atoms with Crippen molar-refractivity contribution in [2.75, 3.05) is 6.61 Å². The second-order valence-corrected chi connectivity index (χ2v) is 7.23. The molecule has 1 aliphatic heterocycles. The Hall–Kier alpha value is -2.86. The van der Waals surface area contributed by atoms with Crippen LogP contribution in [0.1, 0.15) is 17.2 Å². The van der Waals surface area contributed by atoms with Crippen LogP contribution in [0.3, 0.4) is 0 Å². The summed E-state index contributed by atoms with van der Waals surface area (Å²) in [5.41, 5.74) is 2.70. The third-order valence-electron chi connectivity index (χ3n) is 5.22. The van der Waals surface area contributed by atoms with Crippen LogP contribution in [0.25, 0.3) is 10.9 Å². The normalized spacial score (nSPS) is 16.9. The van der Waals surface area contributed by atoms with Crippen LogP contribution >= 0.6 is 24.8 Å². The smallest absolute Gasteiger partial charge is 0.219 e. The van der Waals surface area contributed by atoms with E-state index in [4.69, 9.17) is 9.47 Å². The lowest BCUT2D eigenvalue weighted by atomic mass is 9.88. The van der Waals surface area contributed by atoms with Gasteiger partial charge in [0, 0.05) is 35.3 Å². The first kappa shape index (κ1) is 22.8. The van der Waals surface area contributed by atoms with E-state index < -0.39 is 6.10 Å². The Bertz CT molecular complexity index is 1160. The zero-order chi connectivity index (χ0) is 19.6. The summed E-state index contributed by atoms with van der Waals surface area (Å²) < 4.78 is 11.9. The molecule has 3 heterocycles. The van der Waals surface area contributed by atoms with Crippen molar-refractivity contribution in [3.05, 3.63) is 90.3 Å². The van der Waals surface area contributed by atoms with Crippen molar-refractivity contribution in [3.8, 4) is 17.4 Å². The van der Waals surface area contributed by atoms with Crippen LogP contribution in [-0.2, 0) is 6.42 Å². The average Bonchev–Trinajstić information content (AvgIpc) is 2.77. The summed E-state index contributed by atoms with van der Waals surface area (Å²) in [7, 11) is 0. The predicted molar refractivity (Wildman–Crippen MR) is 125 cm³/mol. The Morgan fingerprint density at radius 2 is 1.87 bits per heavy atom. The number of aliphatic hydroxyl groups excluding tert-OH is 1. The molecular weight excluding hydrogens is 435 g/mol. The van der Waals surface area contributed by atoms with E-state index in [1.54, 1.807) is 6.20 Å². The zero-order valence-electron chi connectivity index (χ0n) is 16.5. The summed E-state index contributed by atoms with van der Waals surface area (Å²) in [5.74, 6) is 1.79. The molecule has 7 heteroatoms. The lowest BCUT2D eigenvalue weighted by Crippen LogP contribution is -2.27. The Morgan fingerprint density at radius 3 is 2.71 bits per heavy atom. The maximum Gasteiger partial charge on any atom is 0.219 e. The highest BCUT2D eigenvalue weighted by Crippen LogP contribution is 2.39. The van der Waals surface area contributed by atoms with Gasteiger partial charge in [0.2, 0.25) is 5.88 Å². The van der Waals surface area contributed by atoms with Crippen molar-refractivity contribution < 1.29 is 14.6 Å². The molecule has 0 fully saturated rings. The summed E-state index contributed by atoms with van der Waals surface area (Å²) in [6, 6.07) is 21.2. The van der Waals surface area contributed by atoms with Crippen LogP contribution in [0.5, 0.6) is 17.4 Å². The maximum atomic E-state index is 10.9. The highest BCUT2D eigenvalue weighted by atomic mass is 35.5. The molecule has 0 radical (unpaired) electrons. The highest BCUT2D eigenvalue weighted by Gasteiger charge is 2.30. The Kier molecular flexibility index (Phi) is 7.33. The number of aliphatic hydroxyl groups is 1. The Labute approximate surface area is 192 Å². The van der Waals surface area contributed by atoms with Gasteiger partial charge in [-0.2, -0.15) is 0 Å². The predicted octanol–water partition coefficient (Wildman–Crippen LogP) is 5.55. The van der Waals surface area contributed by atoms with Gasteiger partial charge in [0.15, 0.2) is 0 Å². The van der Waals surface area contributed by atoms with Crippen LogP contribution in [0.15, 0.2) is 79.1 Å². The third kappa shape index (κ3) is 4.90. The van der Waals surface area contributed by atoms with Crippen molar-refractivity contribution >= 4 is 35.7 Å². The number of hydrogen-bond acceptors (Lipinski definition) is 5. The number of benzene rings is 2. The molecule has 0 saturated heterocycles. The highest BCUT2D eigenvalue weighted by molar-refractivity contribution is 5.85. The monoisotopic (exact) mass is 456 g/mol. The molecule has 5 rings (SSSR count). The molecule has 1 N–H and O–H groups in total. The van der Waals surface area contributed by atoms with Gasteiger partial charge in [0.1, 0.15) is 11.5 Å². The topological polar surface area (TPSA) is 64.5 Å². The number of halogens is 2. The van der Waals surface area contributed by atoms with E-state index >= 15 is 0 Å². The maximum absolute atomic E-state index is 10.9.